The molecule has 0 aromatic heterocycles. The highest BCUT2D eigenvalue weighted by molar-refractivity contribution is 7.47. The van der Waals surface area contributed by atoms with Gasteiger partial charge >= 0.3 is 13.8 Å². The summed E-state index contributed by atoms with van der Waals surface area (Å²) in [5, 5.41) is 12.7. The maximum Gasteiger partial charge on any atom is 0.472 e. The molecule has 0 heterocycles. The molecule has 10 heteroatoms. The molecule has 0 saturated carbocycles. The van der Waals surface area contributed by atoms with Crippen LogP contribution in [-0.2, 0) is 27.9 Å². The average molecular weight is 776 g/mol. The average Bonchev–Trinajstić information content (AvgIpc) is 3.14. The SMILES string of the molecule is CCCCCCCCCCCCCCCCCCCCCCC(=O)NCCOP(=O)(O)OCC(O)COC(=O)CCCCCCCCCCCCCC. The Morgan fingerprint density at radius 1 is 0.509 bits per heavy atom. The number of hydrogen-bond acceptors (Lipinski definition) is 7. The van der Waals surface area contributed by atoms with Gasteiger partial charge in [-0.15, -0.1) is 0 Å². The van der Waals surface area contributed by atoms with Crippen molar-refractivity contribution in [3.63, 3.8) is 0 Å². The smallest absolute Gasteiger partial charge is 0.463 e. The lowest BCUT2D eigenvalue weighted by Crippen LogP contribution is -2.27. The minimum absolute atomic E-state index is 0.0885. The quantitative estimate of drug-likeness (QED) is 0.0317. The van der Waals surface area contributed by atoms with Gasteiger partial charge in [0, 0.05) is 19.4 Å². The molecule has 0 fully saturated rings. The van der Waals surface area contributed by atoms with Gasteiger partial charge in [0.15, 0.2) is 0 Å². The Balaban J connectivity index is 3.52. The number of aliphatic hydroxyl groups excluding tert-OH is 1. The van der Waals surface area contributed by atoms with Gasteiger partial charge in [0.1, 0.15) is 12.7 Å². The van der Waals surface area contributed by atoms with Crippen LogP contribution >= 0.6 is 7.82 Å². The van der Waals surface area contributed by atoms with Crippen LogP contribution in [0.15, 0.2) is 0 Å². The van der Waals surface area contributed by atoms with Crippen molar-refractivity contribution in [2.75, 3.05) is 26.4 Å². The van der Waals surface area contributed by atoms with E-state index in [1.807, 2.05) is 0 Å². The van der Waals surface area contributed by atoms with E-state index in [1.54, 1.807) is 0 Å². The molecule has 1 amide bonds. The van der Waals surface area contributed by atoms with Crippen molar-refractivity contribution >= 4 is 19.7 Å². The first-order valence-corrected chi connectivity index (χ1v) is 24.0. The third-order valence-electron chi connectivity index (χ3n) is 10.0. The zero-order valence-electron chi connectivity index (χ0n) is 34.7. The summed E-state index contributed by atoms with van der Waals surface area (Å²) < 4.78 is 26.9. The summed E-state index contributed by atoms with van der Waals surface area (Å²) in [6, 6.07) is 0. The summed E-state index contributed by atoms with van der Waals surface area (Å²) >= 11 is 0. The predicted octanol–water partition coefficient (Wildman–Crippen LogP) is 12.4. The molecule has 0 spiro atoms. The van der Waals surface area contributed by atoms with Gasteiger partial charge in [0.2, 0.25) is 5.91 Å². The van der Waals surface area contributed by atoms with E-state index in [0.29, 0.717) is 6.42 Å². The summed E-state index contributed by atoms with van der Waals surface area (Å²) in [7, 11) is -4.41. The molecule has 53 heavy (non-hydrogen) atoms. The summed E-state index contributed by atoms with van der Waals surface area (Å²) in [6.45, 7) is 3.59. The third kappa shape index (κ3) is 42.0. The number of rotatable bonds is 43. The summed E-state index contributed by atoms with van der Waals surface area (Å²) in [5.74, 6) is -0.504. The van der Waals surface area contributed by atoms with Crippen LogP contribution in [0, 0.1) is 0 Å². The number of aliphatic hydroxyl groups is 1. The van der Waals surface area contributed by atoms with Crippen molar-refractivity contribution in [2.24, 2.45) is 0 Å². The Morgan fingerprint density at radius 3 is 1.23 bits per heavy atom. The second-order valence-electron chi connectivity index (χ2n) is 15.4. The molecule has 3 N–H and O–H groups in total. The van der Waals surface area contributed by atoms with E-state index in [2.05, 4.69) is 19.2 Å². The standard InChI is InChI=1S/C43H86NO8P/c1-3-5-7-9-11-13-15-17-18-19-20-21-22-23-24-25-27-29-31-33-35-42(46)44-37-38-51-53(48,49)52-40-41(45)39-50-43(47)36-34-32-30-28-26-16-14-12-10-8-6-4-2/h41,45H,3-40H2,1-2H3,(H,44,46)(H,48,49). The topological polar surface area (TPSA) is 131 Å². The van der Waals surface area contributed by atoms with E-state index in [4.69, 9.17) is 13.8 Å². The Hall–Kier alpha value is -0.990. The zero-order chi connectivity index (χ0) is 38.9. The molecule has 0 aliphatic carbocycles. The lowest BCUT2D eigenvalue weighted by atomic mass is 10.0. The summed E-state index contributed by atoms with van der Waals surface area (Å²) in [5.41, 5.74) is 0. The van der Waals surface area contributed by atoms with Crippen molar-refractivity contribution in [3.05, 3.63) is 0 Å². The highest BCUT2D eigenvalue weighted by Crippen LogP contribution is 2.42. The monoisotopic (exact) mass is 776 g/mol. The first-order chi connectivity index (χ1) is 25.8. The van der Waals surface area contributed by atoms with Gasteiger partial charge in [-0.1, -0.05) is 206 Å². The lowest BCUT2D eigenvalue weighted by Gasteiger charge is -2.15. The Labute approximate surface area is 326 Å². The van der Waals surface area contributed by atoms with Crippen molar-refractivity contribution < 1.29 is 37.9 Å². The molecule has 0 rings (SSSR count). The summed E-state index contributed by atoms with van der Waals surface area (Å²) in [6.07, 6.45) is 40.4. The number of unbranched alkanes of at least 4 members (excludes halogenated alkanes) is 30. The second kappa shape index (κ2) is 40.7. The van der Waals surface area contributed by atoms with E-state index in [1.165, 1.54) is 167 Å². The van der Waals surface area contributed by atoms with Crippen LogP contribution in [-0.4, -0.2) is 54.3 Å². The number of carbonyl (C=O) groups is 2. The van der Waals surface area contributed by atoms with Gasteiger partial charge < -0.3 is 20.1 Å². The molecule has 0 saturated heterocycles. The minimum Gasteiger partial charge on any atom is -0.463 e. The number of phosphoric acid groups is 1. The van der Waals surface area contributed by atoms with Crippen LogP contribution < -0.4 is 5.32 Å². The number of carbonyl (C=O) groups excluding carboxylic acids is 2. The van der Waals surface area contributed by atoms with Gasteiger partial charge in [0.05, 0.1) is 13.2 Å². The van der Waals surface area contributed by atoms with Crippen LogP contribution in [0.3, 0.4) is 0 Å². The van der Waals surface area contributed by atoms with Gasteiger partial charge in [-0.2, -0.15) is 0 Å². The van der Waals surface area contributed by atoms with Crippen molar-refractivity contribution in [1.29, 1.82) is 0 Å². The molecular formula is C43H86NO8P. The molecule has 0 aromatic rings. The van der Waals surface area contributed by atoms with Crippen molar-refractivity contribution in [3.8, 4) is 0 Å². The molecule has 0 aliphatic rings. The molecule has 2 unspecified atom stereocenters. The number of amides is 1. The Morgan fingerprint density at radius 2 is 0.849 bits per heavy atom. The van der Waals surface area contributed by atoms with Crippen LogP contribution in [0.4, 0.5) is 0 Å². The Kier molecular flexibility index (Phi) is 39.9. The number of ether oxygens (including phenoxy) is 1. The Bertz CT molecular complexity index is 845. The normalized spacial score (nSPS) is 13.2. The van der Waals surface area contributed by atoms with E-state index >= 15 is 0 Å². The zero-order valence-corrected chi connectivity index (χ0v) is 35.6. The fourth-order valence-corrected chi connectivity index (χ4v) is 7.37. The molecule has 9 nitrogen and oxygen atoms in total. The van der Waals surface area contributed by atoms with Crippen LogP contribution in [0.5, 0.6) is 0 Å². The van der Waals surface area contributed by atoms with Crippen molar-refractivity contribution in [2.45, 2.75) is 238 Å². The van der Waals surface area contributed by atoms with E-state index in [-0.39, 0.29) is 32.1 Å². The van der Waals surface area contributed by atoms with Gasteiger partial charge in [-0.3, -0.25) is 18.6 Å². The van der Waals surface area contributed by atoms with Crippen LogP contribution in [0.25, 0.3) is 0 Å². The number of nitrogens with one attached hydrogen (secondary N) is 1. The van der Waals surface area contributed by atoms with Crippen LogP contribution in [0.2, 0.25) is 0 Å². The summed E-state index contributed by atoms with van der Waals surface area (Å²) in [4.78, 5) is 33.9. The van der Waals surface area contributed by atoms with E-state index in [9.17, 15) is 24.2 Å². The minimum atomic E-state index is -4.41. The van der Waals surface area contributed by atoms with Gasteiger partial charge in [-0.05, 0) is 12.8 Å². The highest BCUT2D eigenvalue weighted by Gasteiger charge is 2.23. The van der Waals surface area contributed by atoms with Crippen molar-refractivity contribution in [1.82, 2.24) is 5.32 Å². The third-order valence-corrected chi connectivity index (χ3v) is 11.0. The first kappa shape index (κ1) is 52.0. The molecule has 0 radical (unpaired) electrons. The molecule has 0 bridgehead atoms. The maximum absolute atomic E-state index is 12.1. The van der Waals surface area contributed by atoms with Gasteiger partial charge in [-0.25, -0.2) is 4.57 Å². The highest BCUT2D eigenvalue weighted by atomic mass is 31.2. The maximum atomic E-state index is 12.1. The molecule has 2 atom stereocenters. The first-order valence-electron chi connectivity index (χ1n) is 22.5. The fraction of sp³-hybridized carbons (Fsp3) is 0.953. The van der Waals surface area contributed by atoms with E-state index in [0.717, 1.165) is 38.5 Å². The predicted molar refractivity (Wildman–Crippen MR) is 220 cm³/mol. The van der Waals surface area contributed by atoms with Crippen LogP contribution in [0.1, 0.15) is 232 Å². The lowest BCUT2D eigenvalue weighted by molar-refractivity contribution is -0.147. The van der Waals surface area contributed by atoms with E-state index < -0.39 is 26.5 Å². The fourth-order valence-electron chi connectivity index (χ4n) is 6.62. The largest absolute Gasteiger partial charge is 0.472 e. The molecule has 0 aromatic carbocycles. The number of phosphoric ester groups is 1. The molecule has 0 aliphatic heterocycles. The van der Waals surface area contributed by atoms with Gasteiger partial charge in [0.25, 0.3) is 0 Å². The number of hydrogen-bond donors (Lipinski definition) is 3. The number of esters is 1. The molecule has 316 valence electrons. The molecular weight excluding hydrogens is 689 g/mol. The second-order valence-corrected chi connectivity index (χ2v) is 16.8.